The Morgan fingerprint density at radius 3 is 2.53 bits per heavy atom. The lowest BCUT2D eigenvalue weighted by molar-refractivity contribution is 0.216. The fourth-order valence-corrected chi connectivity index (χ4v) is 6.91. The molecule has 3 aromatic rings. The van der Waals surface area contributed by atoms with Gasteiger partial charge in [-0.1, -0.05) is 6.42 Å². The van der Waals surface area contributed by atoms with Crippen LogP contribution in [0.15, 0.2) is 17.1 Å². The van der Waals surface area contributed by atoms with Gasteiger partial charge in [0.05, 0.1) is 11.2 Å². The number of anilines is 2. The molecule has 7 rings (SSSR count). The highest BCUT2D eigenvalue weighted by Crippen LogP contribution is 2.52. The van der Waals surface area contributed by atoms with Gasteiger partial charge in [0.2, 0.25) is 0 Å². The number of nitrogens with two attached hydrogens (primary N) is 1. The number of aryl methyl sites for hydroxylation is 1. The largest absolute Gasteiger partial charge is 0.382 e. The standard InChI is InChI=1S/C27H38N8O/c1-32-22(34-13-5-6-19(34)15-33-11-3-2-4-12-33)14-21(31-32)20-16-35(25(17-7-8-17)18-9-10-18)27(36)23-24(20)29-30-26(23)28/h14,16-19,25H,2-13,15H2,1H3,(H3,28,29,30)/t19-/m0/s1. The quantitative estimate of drug-likeness (QED) is 0.526. The molecule has 9 nitrogen and oxygen atoms in total. The van der Waals surface area contributed by atoms with Gasteiger partial charge >= 0.3 is 0 Å². The summed E-state index contributed by atoms with van der Waals surface area (Å²) in [6.45, 7) is 4.65. The number of piperidine rings is 1. The van der Waals surface area contributed by atoms with Gasteiger partial charge in [-0.2, -0.15) is 10.2 Å². The van der Waals surface area contributed by atoms with Crippen LogP contribution in [0.4, 0.5) is 11.6 Å². The first-order valence-corrected chi connectivity index (χ1v) is 14.0. The molecule has 2 aliphatic carbocycles. The van der Waals surface area contributed by atoms with Crippen LogP contribution in [-0.4, -0.2) is 61.7 Å². The number of H-pyrrole nitrogens is 1. The molecule has 0 bridgehead atoms. The van der Waals surface area contributed by atoms with Crippen LogP contribution >= 0.6 is 0 Å². The van der Waals surface area contributed by atoms with E-state index in [0.717, 1.165) is 30.2 Å². The van der Waals surface area contributed by atoms with Gasteiger partial charge in [-0.25, -0.2) is 0 Å². The number of hydrogen-bond acceptors (Lipinski definition) is 6. The van der Waals surface area contributed by atoms with E-state index in [0.29, 0.717) is 28.8 Å². The summed E-state index contributed by atoms with van der Waals surface area (Å²) in [5, 5.41) is 12.8. The molecule has 5 heterocycles. The molecule has 1 atom stereocenters. The maximum atomic E-state index is 13.6. The fraction of sp³-hybridized carbons (Fsp3) is 0.667. The van der Waals surface area contributed by atoms with E-state index in [1.165, 1.54) is 70.9 Å². The number of hydrogen-bond donors (Lipinski definition) is 2. The molecule has 4 aliphatic rings. The van der Waals surface area contributed by atoms with Crippen LogP contribution in [0.5, 0.6) is 0 Å². The van der Waals surface area contributed by atoms with E-state index in [4.69, 9.17) is 10.8 Å². The Bertz CT molecular complexity index is 1310. The number of nitrogens with one attached hydrogen (secondary N) is 1. The van der Waals surface area contributed by atoms with Crippen LogP contribution < -0.4 is 16.2 Å². The van der Waals surface area contributed by atoms with Gasteiger partial charge in [-0.3, -0.25) is 14.6 Å². The smallest absolute Gasteiger partial charge is 0.264 e. The highest BCUT2D eigenvalue weighted by molar-refractivity contribution is 5.97. The topological polar surface area (TPSA) is 101 Å². The highest BCUT2D eigenvalue weighted by atomic mass is 16.1. The first kappa shape index (κ1) is 22.4. The minimum Gasteiger partial charge on any atom is -0.382 e. The Morgan fingerprint density at radius 2 is 1.81 bits per heavy atom. The van der Waals surface area contributed by atoms with E-state index in [-0.39, 0.29) is 17.4 Å². The molecule has 9 heteroatoms. The van der Waals surface area contributed by atoms with Crippen molar-refractivity contribution in [1.29, 1.82) is 0 Å². The third kappa shape index (κ3) is 3.83. The molecule has 0 amide bonds. The van der Waals surface area contributed by atoms with Crippen LogP contribution in [0.1, 0.15) is 63.8 Å². The molecular weight excluding hydrogens is 452 g/mol. The predicted molar refractivity (Wildman–Crippen MR) is 142 cm³/mol. The molecule has 0 spiro atoms. The van der Waals surface area contributed by atoms with Crippen molar-refractivity contribution >= 4 is 22.5 Å². The summed E-state index contributed by atoms with van der Waals surface area (Å²) in [7, 11) is 2.04. The van der Waals surface area contributed by atoms with E-state index in [9.17, 15) is 4.79 Å². The monoisotopic (exact) mass is 490 g/mol. The Morgan fingerprint density at radius 1 is 1.06 bits per heavy atom. The average Bonchev–Trinajstić information content (AvgIpc) is 3.78. The van der Waals surface area contributed by atoms with Crippen molar-refractivity contribution in [3.63, 3.8) is 0 Å². The zero-order valence-corrected chi connectivity index (χ0v) is 21.3. The van der Waals surface area contributed by atoms with Gasteiger partial charge in [0.15, 0.2) is 5.82 Å². The maximum Gasteiger partial charge on any atom is 0.264 e. The van der Waals surface area contributed by atoms with Crippen LogP contribution in [0.3, 0.4) is 0 Å². The van der Waals surface area contributed by atoms with Crippen molar-refractivity contribution in [2.45, 2.75) is 69.9 Å². The molecule has 3 N–H and O–H groups in total. The minimum atomic E-state index is -0.0129. The first-order valence-electron chi connectivity index (χ1n) is 14.0. The summed E-state index contributed by atoms with van der Waals surface area (Å²) < 4.78 is 4.01. The van der Waals surface area contributed by atoms with Crippen molar-refractivity contribution in [2.24, 2.45) is 18.9 Å². The van der Waals surface area contributed by atoms with E-state index < -0.39 is 0 Å². The Hall–Kier alpha value is -2.81. The molecule has 3 aromatic heterocycles. The molecule has 0 aromatic carbocycles. The third-order valence-electron chi connectivity index (χ3n) is 9.03. The summed E-state index contributed by atoms with van der Waals surface area (Å²) in [5.74, 6) is 2.65. The van der Waals surface area contributed by atoms with Gasteiger partial charge in [0, 0.05) is 50.0 Å². The summed E-state index contributed by atoms with van der Waals surface area (Å²) >= 11 is 0. The highest BCUT2D eigenvalue weighted by Gasteiger charge is 2.43. The van der Waals surface area contributed by atoms with Crippen molar-refractivity contribution in [1.82, 2.24) is 29.4 Å². The van der Waals surface area contributed by atoms with E-state index >= 15 is 0 Å². The van der Waals surface area contributed by atoms with E-state index in [1.807, 2.05) is 22.5 Å². The molecule has 36 heavy (non-hydrogen) atoms. The number of aromatic amines is 1. The fourth-order valence-electron chi connectivity index (χ4n) is 6.91. The normalized spacial score (nSPS) is 23.4. The number of rotatable bonds is 7. The maximum absolute atomic E-state index is 13.6. The van der Waals surface area contributed by atoms with Crippen LogP contribution in [0.2, 0.25) is 0 Å². The van der Waals surface area contributed by atoms with Crippen molar-refractivity contribution in [3.8, 4) is 11.3 Å². The second-order valence-corrected chi connectivity index (χ2v) is 11.6. The zero-order valence-electron chi connectivity index (χ0n) is 21.3. The molecule has 0 radical (unpaired) electrons. The van der Waals surface area contributed by atoms with E-state index in [2.05, 4.69) is 26.1 Å². The van der Waals surface area contributed by atoms with Gasteiger partial charge in [-0.05, 0) is 76.3 Å². The number of aromatic nitrogens is 5. The molecule has 2 aliphatic heterocycles. The Balaban J connectivity index is 1.27. The third-order valence-corrected chi connectivity index (χ3v) is 9.03. The van der Waals surface area contributed by atoms with Gasteiger partial charge < -0.3 is 20.1 Å². The molecule has 192 valence electrons. The molecule has 2 saturated heterocycles. The van der Waals surface area contributed by atoms with Gasteiger partial charge in [0.25, 0.3) is 5.56 Å². The van der Waals surface area contributed by atoms with Gasteiger partial charge in [0.1, 0.15) is 11.2 Å². The number of nitrogens with zero attached hydrogens (tertiary/aromatic N) is 6. The van der Waals surface area contributed by atoms with Crippen LogP contribution in [0.25, 0.3) is 22.2 Å². The number of nitrogen functional groups attached to an aromatic ring is 1. The Kier molecular flexibility index (Phi) is 5.38. The minimum absolute atomic E-state index is 0.0129. The first-order chi connectivity index (χ1) is 17.6. The van der Waals surface area contributed by atoms with E-state index in [1.54, 1.807) is 0 Å². The second-order valence-electron chi connectivity index (χ2n) is 11.6. The second kappa shape index (κ2) is 8.64. The molecule has 2 saturated carbocycles. The summed E-state index contributed by atoms with van der Waals surface area (Å²) in [6.07, 6.45) is 13.4. The van der Waals surface area contributed by atoms with Crippen LogP contribution in [0, 0.1) is 11.8 Å². The van der Waals surface area contributed by atoms with Crippen LogP contribution in [-0.2, 0) is 7.05 Å². The number of pyridine rings is 1. The van der Waals surface area contributed by atoms with Gasteiger partial charge in [-0.15, -0.1) is 0 Å². The summed E-state index contributed by atoms with van der Waals surface area (Å²) in [5.41, 5.74) is 8.72. The summed E-state index contributed by atoms with van der Waals surface area (Å²) in [4.78, 5) is 18.8. The lowest BCUT2D eigenvalue weighted by Crippen LogP contribution is -2.43. The zero-order chi connectivity index (χ0) is 24.4. The SMILES string of the molecule is Cn1nc(-c2cn(C(C3CC3)C3CC3)c(=O)c3c(N)n[nH]c23)cc1N1CCC[C@H]1CN1CCCCC1. The lowest BCUT2D eigenvalue weighted by Gasteiger charge is -2.33. The van der Waals surface area contributed by atoms with Crippen molar-refractivity contribution in [3.05, 3.63) is 22.6 Å². The van der Waals surface area contributed by atoms with Crippen molar-refractivity contribution < 1.29 is 0 Å². The Labute approximate surface area is 211 Å². The average molecular weight is 491 g/mol. The molecule has 0 unspecified atom stereocenters. The summed E-state index contributed by atoms with van der Waals surface area (Å²) in [6, 6.07) is 3.00. The predicted octanol–water partition coefficient (Wildman–Crippen LogP) is 3.52. The molecular formula is C27H38N8O. The number of fused-ring (bicyclic) bond motifs is 1. The number of likely N-dealkylation sites (tertiary alicyclic amines) is 1. The van der Waals surface area contributed by atoms with Crippen molar-refractivity contribution in [2.75, 3.05) is 36.8 Å². The lowest BCUT2D eigenvalue weighted by atomic mass is 10.0. The molecule has 4 fully saturated rings.